The highest BCUT2D eigenvalue weighted by molar-refractivity contribution is 6.04. The third kappa shape index (κ3) is 5.32. The predicted octanol–water partition coefficient (Wildman–Crippen LogP) is 2.01. The van der Waals surface area contributed by atoms with E-state index in [-0.39, 0.29) is 18.5 Å². The maximum atomic E-state index is 13.6. The first-order valence-corrected chi connectivity index (χ1v) is 10.4. The Labute approximate surface area is 190 Å². The molecule has 33 heavy (non-hydrogen) atoms. The zero-order valence-corrected chi connectivity index (χ0v) is 18.2. The fourth-order valence-corrected chi connectivity index (χ4v) is 3.73. The Morgan fingerprint density at radius 3 is 2.30 bits per heavy atom. The van der Waals surface area contributed by atoms with Gasteiger partial charge >= 0.3 is 0 Å². The van der Waals surface area contributed by atoms with Gasteiger partial charge in [-0.05, 0) is 42.2 Å². The van der Waals surface area contributed by atoms with E-state index in [0.717, 1.165) is 23.3 Å². The number of nitrogens with zero attached hydrogens (tertiary/aromatic N) is 2. The summed E-state index contributed by atoms with van der Waals surface area (Å²) in [5, 5.41) is 10.6. The molecule has 0 radical (unpaired) electrons. The van der Waals surface area contributed by atoms with Crippen molar-refractivity contribution in [3.05, 3.63) is 77.4 Å². The van der Waals surface area contributed by atoms with E-state index in [1.54, 1.807) is 6.08 Å². The first kappa shape index (κ1) is 24.2. The molecule has 1 aliphatic heterocycles. The second-order valence-electron chi connectivity index (χ2n) is 7.98. The summed E-state index contributed by atoms with van der Waals surface area (Å²) < 4.78 is 27.3. The lowest BCUT2D eigenvalue weighted by atomic mass is 10.0. The summed E-state index contributed by atoms with van der Waals surface area (Å²) in [7, 11) is 1.54. The van der Waals surface area contributed by atoms with Crippen molar-refractivity contribution in [3.8, 4) is 0 Å². The maximum Gasteiger partial charge on any atom is 0.263 e. The maximum absolute atomic E-state index is 13.6. The lowest BCUT2D eigenvalue weighted by Crippen LogP contribution is -2.56. The Hall–Kier alpha value is -3.43. The van der Waals surface area contributed by atoms with Crippen LogP contribution < -0.4 is 5.73 Å². The SMILES string of the molecule is C[C@H](N)C(=O)N(C(=O)[C@H](O)c1cc(F)cc(F)c1)[C@H]1CC=C(c2ccccc2)CN(C)C1=O. The summed E-state index contributed by atoms with van der Waals surface area (Å²) in [6.07, 6.45) is -0.330. The van der Waals surface area contributed by atoms with Crippen LogP contribution >= 0.6 is 0 Å². The number of halogens is 2. The molecule has 2 aromatic carbocycles. The lowest BCUT2D eigenvalue weighted by Gasteiger charge is -2.32. The predicted molar refractivity (Wildman–Crippen MR) is 117 cm³/mol. The third-order valence-corrected chi connectivity index (χ3v) is 5.41. The molecule has 0 fully saturated rings. The number of carbonyl (C=O) groups excluding carboxylic acids is 3. The van der Waals surface area contributed by atoms with Gasteiger partial charge in [-0.25, -0.2) is 8.78 Å². The number of hydrogen-bond donors (Lipinski definition) is 2. The van der Waals surface area contributed by atoms with Crippen LogP contribution in [0.25, 0.3) is 5.57 Å². The van der Waals surface area contributed by atoms with Crippen LogP contribution in [0.4, 0.5) is 8.78 Å². The Morgan fingerprint density at radius 1 is 1.12 bits per heavy atom. The van der Waals surface area contributed by atoms with Crippen LogP contribution in [0.1, 0.15) is 30.6 Å². The van der Waals surface area contributed by atoms with Crippen molar-refractivity contribution in [2.75, 3.05) is 13.6 Å². The number of nitrogens with two attached hydrogens (primary N) is 1. The first-order valence-electron chi connectivity index (χ1n) is 10.4. The molecule has 7 nitrogen and oxygen atoms in total. The van der Waals surface area contributed by atoms with Crippen molar-refractivity contribution in [1.82, 2.24) is 9.80 Å². The zero-order valence-electron chi connectivity index (χ0n) is 18.2. The second-order valence-corrected chi connectivity index (χ2v) is 7.98. The molecule has 1 heterocycles. The van der Waals surface area contributed by atoms with Gasteiger partial charge in [0.05, 0.1) is 6.04 Å². The summed E-state index contributed by atoms with van der Waals surface area (Å²) in [6.45, 7) is 1.58. The smallest absolute Gasteiger partial charge is 0.263 e. The number of amides is 3. The van der Waals surface area contributed by atoms with Gasteiger partial charge in [-0.2, -0.15) is 0 Å². The van der Waals surface area contributed by atoms with Crippen molar-refractivity contribution in [3.63, 3.8) is 0 Å². The Morgan fingerprint density at radius 2 is 1.73 bits per heavy atom. The molecule has 3 amide bonds. The lowest BCUT2D eigenvalue weighted by molar-refractivity contribution is -0.159. The zero-order chi connectivity index (χ0) is 24.3. The third-order valence-electron chi connectivity index (χ3n) is 5.41. The van der Waals surface area contributed by atoms with Crippen LogP contribution in [0, 0.1) is 11.6 Å². The normalized spacial score (nSPS) is 18.2. The molecule has 3 atom stereocenters. The number of benzene rings is 2. The van der Waals surface area contributed by atoms with Crippen molar-refractivity contribution >= 4 is 23.3 Å². The van der Waals surface area contributed by atoms with Gasteiger partial charge in [-0.1, -0.05) is 36.4 Å². The summed E-state index contributed by atoms with van der Waals surface area (Å²) in [4.78, 5) is 41.2. The van der Waals surface area contributed by atoms with Gasteiger partial charge in [0.2, 0.25) is 11.8 Å². The first-order chi connectivity index (χ1) is 15.6. The van der Waals surface area contributed by atoms with Gasteiger partial charge in [0.1, 0.15) is 17.7 Å². The van der Waals surface area contributed by atoms with Crippen LogP contribution in [0.15, 0.2) is 54.6 Å². The van der Waals surface area contributed by atoms with Crippen molar-refractivity contribution < 1.29 is 28.3 Å². The fraction of sp³-hybridized carbons (Fsp3) is 0.292. The van der Waals surface area contributed by atoms with E-state index in [9.17, 15) is 28.3 Å². The van der Waals surface area contributed by atoms with Gasteiger partial charge in [-0.15, -0.1) is 0 Å². The molecule has 174 valence electrons. The van der Waals surface area contributed by atoms with Crippen molar-refractivity contribution in [2.24, 2.45) is 5.73 Å². The minimum absolute atomic E-state index is 0.0121. The summed E-state index contributed by atoms with van der Waals surface area (Å²) in [5.74, 6) is -4.60. The Balaban J connectivity index is 2.00. The van der Waals surface area contributed by atoms with Crippen LogP contribution in [0.5, 0.6) is 0 Å². The van der Waals surface area contributed by atoms with E-state index in [0.29, 0.717) is 11.0 Å². The van der Waals surface area contributed by atoms with Gasteiger partial charge < -0.3 is 15.7 Å². The molecular weight excluding hydrogens is 432 g/mol. The highest BCUT2D eigenvalue weighted by Crippen LogP contribution is 2.26. The van der Waals surface area contributed by atoms with Crippen LogP contribution in [0.2, 0.25) is 0 Å². The average molecular weight is 457 g/mol. The Kier molecular flexibility index (Phi) is 7.35. The van der Waals surface area contributed by atoms with E-state index >= 15 is 0 Å². The summed E-state index contributed by atoms with van der Waals surface area (Å²) in [6, 6.07) is 9.03. The van der Waals surface area contributed by atoms with E-state index in [2.05, 4.69) is 0 Å². The number of hydrogen-bond acceptors (Lipinski definition) is 5. The number of rotatable bonds is 5. The molecule has 2 aromatic rings. The van der Waals surface area contributed by atoms with Crippen LogP contribution in [0.3, 0.4) is 0 Å². The van der Waals surface area contributed by atoms with Gasteiger partial charge in [-0.3, -0.25) is 19.3 Å². The molecule has 1 aliphatic rings. The molecule has 0 bridgehead atoms. The molecule has 0 spiro atoms. The molecule has 0 saturated heterocycles. The fourth-order valence-electron chi connectivity index (χ4n) is 3.73. The van der Waals surface area contributed by atoms with E-state index in [1.807, 2.05) is 30.3 Å². The highest BCUT2D eigenvalue weighted by atomic mass is 19.1. The highest BCUT2D eigenvalue weighted by Gasteiger charge is 2.41. The van der Waals surface area contributed by atoms with Crippen molar-refractivity contribution in [1.29, 1.82) is 0 Å². The molecule has 0 aromatic heterocycles. The summed E-state index contributed by atoms with van der Waals surface area (Å²) >= 11 is 0. The number of imide groups is 1. The standard InChI is InChI=1S/C24H25F2N3O4/c1-14(27)22(31)29(24(33)21(30)17-10-18(25)12-19(26)11-17)20-9-8-16(13-28(2)23(20)32)15-6-4-3-5-7-15/h3-8,10-12,14,20-21,30H,9,13,27H2,1-2H3/t14-,20-,21+/m0/s1. The summed E-state index contributed by atoms with van der Waals surface area (Å²) in [5.41, 5.74) is 7.04. The molecular formula is C24H25F2N3O4. The number of likely N-dealkylation sites (N-methyl/N-ethyl adjacent to an activating group) is 1. The molecule has 0 aliphatic carbocycles. The van der Waals surface area contributed by atoms with Gasteiger partial charge in [0, 0.05) is 19.7 Å². The largest absolute Gasteiger partial charge is 0.378 e. The molecule has 9 heteroatoms. The quantitative estimate of drug-likeness (QED) is 0.715. The van der Waals surface area contributed by atoms with E-state index < -0.39 is 47.5 Å². The molecule has 3 rings (SSSR count). The van der Waals surface area contributed by atoms with E-state index in [4.69, 9.17) is 5.73 Å². The number of aliphatic hydroxyl groups is 1. The molecule has 0 saturated carbocycles. The van der Waals surface area contributed by atoms with Crippen molar-refractivity contribution in [2.45, 2.75) is 31.5 Å². The van der Waals surface area contributed by atoms with Crippen LogP contribution in [-0.2, 0) is 14.4 Å². The second kappa shape index (κ2) is 10.0. The minimum Gasteiger partial charge on any atom is -0.378 e. The van der Waals surface area contributed by atoms with E-state index in [1.165, 1.54) is 18.9 Å². The average Bonchev–Trinajstić information content (AvgIpc) is 2.92. The van der Waals surface area contributed by atoms with Gasteiger partial charge in [0.15, 0.2) is 6.10 Å². The van der Waals surface area contributed by atoms with Crippen LogP contribution in [-0.4, -0.2) is 58.3 Å². The Bertz CT molecular complexity index is 1070. The number of carbonyl (C=O) groups is 3. The molecule has 3 N–H and O–H groups in total. The monoisotopic (exact) mass is 457 g/mol. The molecule has 0 unspecified atom stereocenters. The minimum atomic E-state index is -2.07. The number of aliphatic hydroxyl groups excluding tert-OH is 1. The van der Waals surface area contributed by atoms with Gasteiger partial charge in [0.25, 0.3) is 5.91 Å². The topological polar surface area (TPSA) is 104 Å².